The van der Waals surface area contributed by atoms with Crippen LogP contribution in [0.5, 0.6) is 0 Å². The molecule has 1 unspecified atom stereocenters. The van der Waals surface area contributed by atoms with Gasteiger partial charge in [-0.15, -0.1) is 0 Å². The first-order chi connectivity index (χ1) is 19.2. The minimum atomic E-state index is -2.51. The average molecular weight is 607 g/mol. The van der Waals surface area contributed by atoms with Crippen molar-refractivity contribution in [2.75, 3.05) is 5.88 Å². The molecule has 3 aromatic rings. The highest BCUT2D eigenvalue weighted by atomic mass is 35.5. The van der Waals surface area contributed by atoms with Crippen molar-refractivity contribution in [3.8, 4) is 0 Å². The van der Waals surface area contributed by atoms with Crippen molar-refractivity contribution in [3.63, 3.8) is 0 Å². The van der Waals surface area contributed by atoms with Crippen LogP contribution in [0, 0.1) is 5.82 Å². The van der Waals surface area contributed by atoms with E-state index in [1.165, 1.54) is 17.0 Å². The molecule has 1 aliphatic rings. The number of nitrogens with one attached hydrogen (secondary N) is 1. The largest absolute Gasteiger partial charge is 0.771 e. The van der Waals surface area contributed by atoms with Gasteiger partial charge in [-0.25, -0.2) is 4.39 Å². The molecule has 1 heterocycles. The maximum absolute atomic E-state index is 14.2. The number of rotatable bonds is 10. The zero-order chi connectivity index (χ0) is 28.8. The lowest BCUT2D eigenvalue weighted by atomic mass is 9.88. The predicted octanol–water partition coefficient (Wildman–Crippen LogP) is 5.51. The Morgan fingerprint density at radius 2 is 1.60 bits per heavy atom. The van der Waals surface area contributed by atoms with Crippen molar-refractivity contribution >= 4 is 46.1 Å². The molecular formula is C29H28Cl2FN2O5S-. The first-order valence-corrected chi connectivity index (χ1v) is 14.7. The summed E-state index contributed by atoms with van der Waals surface area (Å²) in [4.78, 5) is 29.1. The molecule has 0 spiro atoms. The van der Waals surface area contributed by atoms with Crippen LogP contribution in [0.15, 0.2) is 72.8 Å². The van der Waals surface area contributed by atoms with Gasteiger partial charge in [-0.05, 0) is 70.6 Å². The van der Waals surface area contributed by atoms with Gasteiger partial charge in [0.05, 0.1) is 11.9 Å². The fraction of sp³-hybridized carbons (Fsp3) is 0.310. The van der Waals surface area contributed by atoms with Crippen LogP contribution >= 0.6 is 23.2 Å². The van der Waals surface area contributed by atoms with E-state index >= 15 is 0 Å². The zero-order valence-electron chi connectivity index (χ0n) is 21.6. The van der Waals surface area contributed by atoms with E-state index in [1.54, 1.807) is 60.7 Å². The number of halogens is 3. The van der Waals surface area contributed by atoms with Gasteiger partial charge in [0.2, 0.25) is 5.91 Å². The number of amides is 2. The van der Waals surface area contributed by atoms with Crippen LogP contribution in [-0.4, -0.2) is 43.5 Å². The first-order valence-electron chi connectivity index (χ1n) is 12.7. The Labute approximate surface area is 244 Å². The molecule has 1 saturated heterocycles. The molecule has 0 radical (unpaired) electrons. The normalized spacial score (nSPS) is 20.7. The summed E-state index contributed by atoms with van der Waals surface area (Å²) in [7, 11) is 0. The minimum absolute atomic E-state index is 0.137. The lowest BCUT2D eigenvalue weighted by Gasteiger charge is -2.47. The molecule has 0 saturated carbocycles. The summed E-state index contributed by atoms with van der Waals surface area (Å²) in [6, 6.07) is 18.0. The molecule has 3 aromatic carbocycles. The highest BCUT2D eigenvalue weighted by Crippen LogP contribution is 2.44. The number of carbonyl (C=O) groups excluding carboxylic acids is 2. The average Bonchev–Trinajstić information content (AvgIpc) is 2.93. The van der Waals surface area contributed by atoms with Gasteiger partial charge in [-0.1, -0.05) is 72.9 Å². The van der Waals surface area contributed by atoms with Crippen molar-refractivity contribution in [3.05, 3.63) is 105 Å². The molecule has 0 bridgehead atoms. The van der Waals surface area contributed by atoms with E-state index in [0.29, 0.717) is 27.6 Å². The molecule has 1 fully saturated rings. The van der Waals surface area contributed by atoms with Gasteiger partial charge in [0.1, 0.15) is 24.1 Å². The van der Waals surface area contributed by atoms with Gasteiger partial charge >= 0.3 is 0 Å². The lowest BCUT2D eigenvalue weighted by molar-refractivity contribution is -0.181. The Morgan fingerprint density at radius 1 is 1.02 bits per heavy atom. The smallest absolute Gasteiger partial charge is 0.253 e. The van der Waals surface area contributed by atoms with Crippen LogP contribution in [0.3, 0.4) is 0 Å². The van der Waals surface area contributed by atoms with Gasteiger partial charge in [0.15, 0.2) is 0 Å². The molecule has 1 N–H and O–H groups in total. The van der Waals surface area contributed by atoms with Gasteiger partial charge in [-0.3, -0.25) is 13.8 Å². The van der Waals surface area contributed by atoms with E-state index < -0.39 is 58.9 Å². The summed E-state index contributed by atoms with van der Waals surface area (Å²) < 4.78 is 42.5. The van der Waals surface area contributed by atoms with Crippen LogP contribution in [0.2, 0.25) is 10.0 Å². The second-order valence-electron chi connectivity index (χ2n) is 9.46. The third kappa shape index (κ3) is 7.27. The Hall–Kier alpha value is -2.82. The second kappa shape index (κ2) is 13.7. The van der Waals surface area contributed by atoms with E-state index in [2.05, 4.69) is 5.32 Å². The number of ether oxygens (including phenoxy) is 1. The molecule has 4 rings (SSSR count). The maximum Gasteiger partial charge on any atom is 0.253 e. The third-order valence-corrected chi connectivity index (χ3v) is 7.62. The number of carbonyl (C=O) groups is 2. The third-order valence-electron chi connectivity index (χ3n) is 6.74. The standard InChI is InChI=1S/C29H29Cl2FN2O5S/c1-2-3-24(28(35)33-17-40(37)38)34-26(19-6-10-21(30)11-7-19)27(20-8-12-22(31)13-9-20)39-25(29(34)36)16-18-4-14-23(32)15-5-18/h4-15,24-27H,2-3,16-17H2,1H3,(H,33,35)(H,37,38)/p-1/t24-,25+,26-,27+/m0/s1. The summed E-state index contributed by atoms with van der Waals surface area (Å²) in [6.07, 6.45) is -0.759. The molecule has 212 valence electrons. The second-order valence-corrected chi connectivity index (χ2v) is 11.2. The van der Waals surface area contributed by atoms with E-state index in [1.807, 2.05) is 6.92 Å². The molecule has 0 aliphatic carbocycles. The lowest BCUT2D eigenvalue weighted by Crippen LogP contribution is -2.59. The van der Waals surface area contributed by atoms with Crippen molar-refractivity contribution in [1.82, 2.24) is 10.2 Å². The Balaban J connectivity index is 1.84. The summed E-state index contributed by atoms with van der Waals surface area (Å²) in [5.41, 5.74) is 2.08. The Kier molecular flexibility index (Phi) is 10.3. The molecule has 40 heavy (non-hydrogen) atoms. The van der Waals surface area contributed by atoms with E-state index in [4.69, 9.17) is 27.9 Å². The molecular weight excluding hydrogens is 578 g/mol. The molecule has 5 atom stereocenters. The molecule has 11 heteroatoms. The fourth-order valence-corrected chi connectivity index (χ4v) is 5.41. The van der Waals surface area contributed by atoms with Crippen molar-refractivity contribution in [2.24, 2.45) is 0 Å². The topological polar surface area (TPSA) is 98.8 Å². The highest BCUT2D eigenvalue weighted by molar-refractivity contribution is 7.79. The molecule has 0 aromatic heterocycles. The number of nitrogens with zero attached hydrogens (tertiary/aromatic N) is 1. The quantitative estimate of drug-likeness (QED) is 0.307. The summed E-state index contributed by atoms with van der Waals surface area (Å²) >= 11 is 9.82. The van der Waals surface area contributed by atoms with Crippen molar-refractivity contribution < 1.29 is 27.5 Å². The Morgan fingerprint density at radius 3 is 2.15 bits per heavy atom. The molecule has 2 amide bonds. The van der Waals surface area contributed by atoms with E-state index in [-0.39, 0.29) is 12.8 Å². The first kappa shape index (κ1) is 30.1. The predicted molar refractivity (Wildman–Crippen MR) is 151 cm³/mol. The van der Waals surface area contributed by atoms with Gasteiger partial charge in [0.25, 0.3) is 5.91 Å². The van der Waals surface area contributed by atoms with Crippen LogP contribution < -0.4 is 5.32 Å². The zero-order valence-corrected chi connectivity index (χ0v) is 23.9. The maximum atomic E-state index is 14.2. The van der Waals surface area contributed by atoms with Crippen LogP contribution in [0.4, 0.5) is 4.39 Å². The van der Waals surface area contributed by atoms with Gasteiger partial charge < -0.3 is 19.5 Å². The van der Waals surface area contributed by atoms with Crippen LogP contribution in [-0.2, 0) is 31.8 Å². The van der Waals surface area contributed by atoms with Crippen LogP contribution in [0.25, 0.3) is 0 Å². The summed E-state index contributed by atoms with van der Waals surface area (Å²) in [5.74, 6) is -2.01. The fourth-order valence-electron chi connectivity index (χ4n) is 4.90. The number of benzene rings is 3. The summed E-state index contributed by atoms with van der Waals surface area (Å²) in [6.45, 7) is 1.88. The number of morpholine rings is 1. The van der Waals surface area contributed by atoms with Crippen LogP contribution in [0.1, 0.15) is 48.6 Å². The van der Waals surface area contributed by atoms with Gasteiger partial charge in [0, 0.05) is 16.5 Å². The Bertz CT molecular complexity index is 1340. The van der Waals surface area contributed by atoms with Crippen molar-refractivity contribution in [2.45, 2.75) is 50.5 Å². The van der Waals surface area contributed by atoms with E-state index in [9.17, 15) is 22.7 Å². The molecule has 7 nitrogen and oxygen atoms in total. The van der Waals surface area contributed by atoms with Gasteiger partial charge in [-0.2, -0.15) is 0 Å². The minimum Gasteiger partial charge on any atom is -0.771 e. The monoisotopic (exact) mass is 605 g/mol. The molecule has 1 aliphatic heterocycles. The number of hydrogen-bond acceptors (Lipinski definition) is 5. The summed E-state index contributed by atoms with van der Waals surface area (Å²) in [5, 5.41) is 3.45. The number of hydrogen-bond donors (Lipinski definition) is 1. The van der Waals surface area contributed by atoms with E-state index in [0.717, 1.165) is 5.56 Å². The SMILES string of the molecule is CCC[C@@H](C(=O)NCS(=O)[O-])N1C(=O)[C@@H](Cc2ccc(F)cc2)O[C@H](c2ccc(Cl)cc2)[C@@H]1c1ccc(Cl)cc1. The highest BCUT2D eigenvalue weighted by Gasteiger charge is 2.48. The van der Waals surface area contributed by atoms with Crippen molar-refractivity contribution in [1.29, 1.82) is 0 Å².